The molecule has 1 aromatic carbocycles. The molecule has 2 rings (SSSR count). The zero-order valence-corrected chi connectivity index (χ0v) is 15.7. The highest BCUT2D eigenvalue weighted by atomic mass is 16.3. The highest BCUT2D eigenvalue weighted by molar-refractivity contribution is 6.02. The summed E-state index contributed by atoms with van der Waals surface area (Å²) in [7, 11) is 0. The summed E-state index contributed by atoms with van der Waals surface area (Å²) in [5.41, 5.74) is 4.72. The molecule has 0 bridgehead atoms. The van der Waals surface area contributed by atoms with Crippen LogP contribution in [-0.2, 0) is 22.4 Å². The van der Waals surface area contributed by atoms with Crippen LogP contribution >= 0.6 is 0 Å². The normalized spacial score (nSPS) is 23.1. The van der Waals surface area contributed by atoms with Crippen molar-refractivity contribution in [3.63, 3.8) is 0 Å². The van der Waals surface area contributed by atoms with E-state index in [1.54, 1.807) is 0 Å². The van der Waals surface area contributed by atoms with Crippen molar-refractivity contribution in [1.29, 1.82) is 5.41 Å². The number of hydrogen-bond acceptors (Lipinski definition) is 4. The van der Waals surface area contributed by atoms with Crippen LogP contribution in [0.5, 0.6) is 0 Å². The maximum absolute atomic E-state index is 13.0. The molecule has 25 heavy (non-hydrogen) atoms. The van der Waals surface area contributed by atoms with E-state index in [1.807, 2.05) is 0 Å². The van der Waals surface area contributed by atoms with Crippen LogP contribution in [0.2, 0.25) is 0 Å². The van der Waals surface area contributed by atoms with Gasteiger partial charge in [0.25, 0.3) is 0 Å². The van der Waals surface area contributed by atoms with Crippen molar-refractivity contribution in [2.75, 3.05) is 0 Å². The fraction of sp³-hybridized carbons (Fsp3) is 0.571. The summed E-state index contributed by atoms with van der Waals surface area (Å²) >= 11 is 0. The third-order valence-corrected chi connectivity index (χ3v) is 5.14. The van der Waals surface area contributed by atoms with Crippen LogP contribution < -0.4 is 0 Å². The first kappa shape index (κ1) is 19.5. The molecule has 0 heterocycles. The van der Waals surface area contributed by atoms with Crippen molar-refractivity contribution >= 4 is 17.3 Å². The lowest BCUT2D eigenvalue weighted by atomic mass is 9.83. The molecular formula is C21H29NO3. The molecule has 0 aliphatic heterocycles. The summed E-state index contributed by atoms with van der Waals surface area (Å²) in [6, 6.07) is 4.22. The van der Waals surface area contributed by atoms with Gasteiger partial charge in [0.05, 0.1) is 12.0 Å². The summed E-state index contributed by atoms with van der Waals surface area (Å²) in [6.45, 7) is 7.66. The second-order valence-corrected chi connectivity index (χ2v) is 7.27. The predicted molar refractivity (Wildman–Crippen MR) is 99.4 cm³/mol. The fourth-order valence-electron chi connectivity index (χ4n) is 4.11. The van der Waals surface area contributed by atoms with Crippen molar-refractivity contribution in [2.45, 2.75) is 71.8 Å². The van der Waals surface area contributed by atoms with Gasteiger partial charge < -0.3 is 10.5 Å². The Labute approximate surface area is 150 Å². The van der Waals surface area contributed by atoms with Gasteiger partial charge >= 0.3 is 0 Å². The Hall–Kier alpha value is -1.81. The molecule has 0 radical (unpaired) electrons. The van der Waals surface area contributed by atoms with E-state index in [-0.39, 0.29) is 36.0 Å². The van der Waals surface area contributed by atoms with E-state index in [4.69, 9.17) is 5.41 Å². The van der Waals surface area contributed by atoms with E-state index in [1.165, 1.54) is 12.5 Å². The number of benzene rings is 1. The van der Waals surface area contributed by atoms with Gasteiger partial charge in [-0.3, -0.25) is 9.59 Å². The number of Topliss-reactive ketones (excluding diaryl/α,β-unsaturated/α-hetero) is 2. The summed E-state index contributed by atoms with van der Waals surface area (Å²) in [5, 5.41) is 18.6. The highest BCUT2D eigenvalue weighted by Crippen LogP contribution is 2.40. The third-order valence-electron chi connectivity index (χ3n) is 5.14. The molecule has 2 N–H and O–H groups in total. The maximum Gasteiger partial charge on any atom is 0.146 e. The minimum Gasteiger partial charge on any atom is -0.392 e. The van der Waals surface area contributed by atoms with E-state index in [9.17, 15) is 14.7 Å². The van der Waals surface area contributed by atoms with Crippen LogP contribution in [0.25, 0.3) is 0 Å². The maximum atomic E-state index is 13.0. The van der Waals surface area contributed by atoms with Crippen molar-refractivity contribution < 1.29 is 14.7 Å². The minimum absolute atomic E-state index is 0.0223. The first-order chi connectivity index (χ1) is 11.8. The van der Waals surface area contributed by atoms with Gasteiger partial charge in [-0.05, 0) is 56.2 Å². The molecule has 1 aromatic rings. The molecular weight excluding hydrogens is 314 g/mol. The van der Waals surface area contributed by atoms with Gasteiger partial charge in [-0.15, -0.1) is 0 Å². The Morgan fingerprint density at radius 1 is 1.24 bits per heavy atom. The Morgan fingerprint density at radius 2 is 1.80 bits per heavy atom. The number of rotatable bonds is 7. The Bertz CT molecular complexity index is 667. The summed E-state index contributed by atoms with van der Waals surface area (Å²) < 4.78 is 0. The first-order valence-corrected chi connectivity index (χ1v) is 9.18. The lowest BCUT2D eigenvalue weighted by Crippen LogP contribution is -2.22. The van der Waals surface area contributed by atoms with E-state index < -0.39 is 12.0 Å². The number of carbonyl (C=O) groups is 2. The molecule has 4 heteroatoms. The van der Waals surface area contributed by atoms with Gasteiger partial charge in [0.2, 0.25) is 0 Å². The van der Waals surface area contributed by atoms with Gasteiger partial charge in [-0.1, -0.05) is 31.5 Å². The molecule has 4 nitrogen and oxygen atoms in total. The van der Waals surface area contributed by atoms with Crippen LogP contribution in [0.1, 0.15) is 68.2 Å². The van der Waals surface area contributed by atoms with Gasteiger partial charge in [0.1, 0.15) is 11.6 Å². The van der Waals surface area contributed by atoms with Crippen molar-refractivity contribution in [2.24, 2.45) is 5.92 Å². The van der Waals surface area contributed by atoms with Crippen LogP contribution in [0.3, 0.4) is 0 Å². The monoisotopic (exact) mass is 343 g/mol. The van der Waals surface area contributed by atoms with Crippen LogP contribution in [0.15, 0.2) is 12.1 Å². The number of aryl methyl sites for hydroxylation is 3. The molecule has 0 spiro atoms. The SMILES string of the molecule is CCc1cc(C)cc(CC)c1C1C(=O)C(CC(=N)CC(C)=O)CC1O. The number of ketones is 2. The van der Waals surface area contributed by atoms with Crippen molar-refractivity contribution in [3.05, 3.63) is 34.4 Å². The second kappa shape index (κ2) is 8.05. The number of aliphatic hydroxyl groups excluding tert-OH is 1. The van der Waals surface area contributed by atoms with E-state index in [0.717, 1.165) is 29.5 Å². The minimum atomic E-state index is -0.707. The number of nitrogens with one attached hydrogen (secondary N) is 1. The van der Waals surface area contributed by atoms with Crippen LogP contribution in [0.4, 0.5) is 0 Å². The zero-order valence-electron chi connectivity index (χ0n) is 15.7. The molecule has 1 aliphatic rings. The molecule has 1 aliphatic carbocycles. The van der Waals surface area contributed by atoms with Gasteiger partial charge in [0.15, 0.2) is 0 Å². The number of carbonyl (C=O) groups excluding carboxylic acids is 2. The van der Waals surface area contributed by atoms with Gasteiger partial charge in [0, 0.05) is 18.1 Å². The van der Waals surface area contributed by atoms with E-state index >= 15 is 0 Å². The largest absolute Gasteiger partial charge is 0.392 e. The standard InChI is InChI=1S/C21H29NO3/c1-5-14-7-12(3)8-15(6-2)19(14)20-18(24)11-16(21(20)25)10-17(22)9-13(4)23/h7-8,16,18,20,22,24H,5-6,9-11H2,1-4H3. The second-order valence-electron chi connectivity index (χ2n) is 7.27. The summed E-state index contributed by atoms with van der Waals surface area (Å²) in [5.74, 6) is -0.898. The Balaban J connectivity index is 2.33. The highest BCUT2D eigenvalue weighted by Gasteiger charge is 2.43. The topological polar surface area (TPSA) is 78.2 Å². The smallest absolute Gasteiger partial charge is 0.146 e. The zero-order chi connectivity index (χ0) is 18.7. The van der Waals surface area contributed by atoms with Gasteiger partial charge in [-0.2, -0.15) is 0 Å². The van der Waals surface area contributed by atoms with E-state index in [2.05, 4.69) is 32.9 Å². The molecule has 0 saturated heterocycles. The lowest BCUT2D eigenvalue weighted by Gasteiger charge is -2.22. The molecule has 3 unspecified atom stereocenters. The fourth-order valence-corrected chi connectivity index (χ4v) is 4.11. The molecule has 0 amide bonds. The average Bonchev–Trinajstić information content (AvgIpc) is 2.79. The Morgan fingerprint density at radius 3 is 2.28 bits per heavy atom. The summed E-state index contributed by atoms with van der Waals surface area (Å²) in [4.78, 5) is 24.2. The molecule has 3 atom stereocenters. The van der Waals surface area contributed by atoms with E-state index in [0.29, 0.717) is 6.42 Å². The number of aliphatic hydroxyl groups is 1. The lowest BCUT2D eigenvalue weighted by molar-refractivity contribution is -0.122. The molecule has 1 fully saturated rings. The first-order valence-electron chi connectivity index (χ1n) is 9.18. The van der Waals surface area contributed by atoms with Crippen LogP contribution in [0, 0.1) is 18.3 Å². The third kappa shape index (κ3) is 4.24. The Kier molecular flexibility index (Phi) is 6.28. The molecule has 0 aromatic heterocycles. The van der Waals surface area contributed by atoms with Crippen molar-refractivity contribution in [3.8, 4) is 0 Å². The van der Waals surface area contributed by atoms with Gasteiger partial charge in [-0.25, -0.2) is 0 Å². The number of hydrogen-bond donors (Lipinski definition) is 2. The molecule has 136 valence electrons. The average molecular weight is 343 g/mol. The quantitative estimate of drug-likeness (QED) is 0.743. The van der Waals surface area contributed by atoms with Crippen LogP contribution in [-0.4, -0.2) is 28.5 Å². The summed E-state index contributed by atoms with van der Waals surface area (Å²) in [6.07, 6.45) is 1.69. The predicted octanol–water partition coefficient (Wildman–Crippen LogP) is 3.54. The molecule has 1 saturated carbocycles. The van der Waals surface area contributed by atoms with Crippen molar-refractivity contribution in [1.82, 2.24) is 0 Å².